The van der Waals surface area contributed by atoms with Crippen LogP contribution in [0.5, 0.6) is 5.75 Å². The van der Waals surface area contributed by atoms with Crippen molar-refractivity contribution in [1.82, 2.24) is 0 Å². The van der Waals surface area contributed by atoms with Gasteiger partial charge in [-0.3, -0.25) is 0 Å². The molecule has 154 valence electrons. The van der Waals surface area contributed by atoms with Gasteiger partial charge in [-0.15, -0.1) is 0 Å². The number of nitrogens with zero attached hydrogens (tertiary/aromatic N) is 2. The third-order valence-electron chi connectivity index (χ3n) is 4.93. The van der Waals surface area contributed by atoms with Gasteiger partial charge in [-0.25, -0.2) is 0 Å². The maximum atomic E-state index is 5.55. The Morgan fingerprint density at radius 3 is 2.83 bits per heavy atom. The van der Waals surface area contributed by atoms with Crippen molar-refractivity contribution >= 4 is 17.6 Å². The Morgan fingerprint density at radius 1 is 1.24 bits per heavy atom. The molecule has 2 aromatic rings. The third-order valence-corrected chi connectivity index (χ3v) is 4.93. The fourth-order valence-corrected chi connectivity index (χ4v) is 3.07. The van der Waals surface area contributed by atoms with Gasteiger partial charge in [0.1, 0.15) is 0 Å². The van der Waals surface area contributed by atoms with Gasteiger partial charge < -0.3 is 24.5 Å². The zero-order chi connectivity index (χ0) is 20.5. The van der Waals surface area contributed by atoms with Crippen LogP contribution in [0.25, 0.3) is 0 Å². The minimum Gasteiger partial charge on any atom is -0.483 e. The van der Waals surface area contributed by atoms with E-state index < -0.39 is 0 Å². The zero-order valence-electron chi connectivity index (χ0n) is 17.1. The SMILES string of the molecule is C=C(OC)N(C)c1cccc(CNc2cccc(O/N=C\C3CCOCC3)c2)c1. The van der Waals surface area contributed by atoms with Gasteiger partial charge in [0, 0.05) is 56.4 Å². The molecule has 1 N–H and O–H groups in total. The van der Waals surface area contributed by atoms with Gasteiger partial charge in [0.15, 0.2) is 11.6 Å². The highest BCUT2D eigenvalue weighted by atomic mass is 16.6. The molecule has 0 spiro atoms. The van der Waals surface area contributed by atoms with Crippen molar-refractivity contribution in [1.29, 1.82) is 0 Å². The molecule has 29 heavy (non-hydrogen) atoms. The van der Waals surface area contributed by atoms with E-state index in [9.17, 15) is 0 Å². The standard InChI is InChI=1S/C23H29N3O3/c1-18(27-3)26(2)22-8-4-6-20(14-22)16-24-21-7-5-9-23(15-21)29-25-17-19-10-12-28-13-11-19/h4-9,14-15,17,19,24H,1,10-13,16H2,2-3H3/b25-17-. The second-order valence-electron chi connectivity index (χ2n) is 7.00. The van der Waals surface area contributed by atoms with Crippen molar-refractivity contribution in [3.8, 4) is 5.75 Å². The van der Waals surface area contributed by atoms with E-state index in [-0.39, 0.29) is 0 Å². The molecule has 0 radical (unpaired) electrons. The van der Waals surface area contributed by atoms with E-state index in [1.54, 1.807) is 7.11 Å². The average Bonchev–Trinajstić information content (AvgIpc) is 2.78. The van der Waals surface area contributed by atoms with Crippen molar-refractivity contribution in [2.75, 3.05) is 37.6 Å². The summed E-state index contributed by atoms with van der Waals surface area (Å²) in [4.78, 5) is 7.46. The number of methoxy groups -OCH3 is 1. The molecular weight excluding hydrogens is 366 g/mol. The zero-order valence-corrected chi connectivity index (χ0v) is 17.1. The number of benzene rings is 2. The first kappa shape index (κ1) is 20.7. The van der Waals surface area contributed by atoms with Gasteiger partial charge in [0.2, 0.25) is 0 Å². The summed E-state index contributed by atoms with van der Waals surface area (Å²) in [5, 5.41) is 7.58. The van der Waals surface area contributed by atoms with E-state index in [0.717, 1.165) is 43.0 Å². The largest absolute Gasteiger partial charge is 0.483 e. The number of rotatable bonds is 9. The third kappa shape index (κ3) is 6.26. The van der Waals surface area contributed by atoms with Crippen LogP contribution < -0.4 is 15.1 Å². The Bertz CT molecular complexity index is 832. The molecule has 3 rings (SSSR count). The van der Waals surface area contributed by atoms with Crippen LogP contribution in [-0.4, -0.2) is 33.6 Å². The van der Waals surface area contributed by atoms with E-state index in [1.807, 2.05) is 54.6 Å². The highest BCUT2D eigenvalue weighted by Crippen LogP contribution is 2.21. The van der Waals surface area contributed by atoms with E-state index in [1.165, 1.54) is 0 Å². The predicted octanol–water partition coefficient (Wildman–Crippen LogP) is 4.64. The molecule has 1 fully saturated rings. The van der Waals surface area contributed by atoms with Crippen molar-refractivity contribution < 1.29 is 14.3 Å². The molecule has 0 aromatic heterocycles. The van der Waals surface area contributed by atoms with E-state index in [4.69, 9.17) is 14.3 Å². The van der Waals surface area contributed by atoms with Crippen LogP contribution in [-0.2, 0) is 16.0 Å². The predicted molar refractivity (Wildman–Crippen MR) is 117 cm³/mol. The second kappa shape index (κ2) is 10.5. The van der Waals surface area contributed by atoms with Gasteiger partial charge >= 0.3 is 0 Å². The number of nitrogens with one attached hydrogen (secondary N) is 1. The first-order chi connectivity index (χ1) is 14.2. The molecule has 1 aliphatic heterocycles. The maximum absolute atomic E-state index is 5.55. The number of hydrogen-bond donors (Lipinski definition) is 1. The summed E-state index contributed by atoms with van der Waals surface area (Å²) in [6, 6.07) is 16.1. The lowest BCUT2D eigenvalue weighted by molar-refractivity contribution is 0.0833. The molecule has 0 aliphatic carbocycles. The normalized spacial score (nSPS) is 14.6. The van der Waals surface area contributed by atoms with Crippen LogP contribution in [0.3, 0.4) is 0 Å². The summed E-state index contributed by atoms with van der Waals surface area (Å²) in [7, 11) is 3.55. The Hall–Kier alpha value is -2.99. The van der Waals surface area contributed by atoms with Crippen molar-refractivity contribution in [2.45, 2.75) is 19.4 Å². The molecule has 1 aliphatic rings. The molecule has 0 amide bonds. The summed E-state index contributed by atoms with van der Waals surface area (Å²) >= 11 is 0. The summed E-state index contributed by atoms with van der Waals surface area (Å²) in [6.45, 7) is 6.18. The summed E-state index contributed by atoms with van der Waals surface area (Å²) in [5.74, 6) is 1.74. The Balaban J connectivity index is 1.55. The molecular formula is C23H29N3O3. The van der Waals surface area contributed by atoms with Gasteiger partial charge in [0.25, 0.3) is 0 Å². The lowest BCUT2D eigenvalue weighted by Gasteiger charge is -2.21. The van der Waals surface area contributed by atoms with Gasteiger partial charge in [0.05, 0.1) is 7.11 Å². The molecule has 0 saturated carbocycles. The summed E-state index contributed by atoms with van der Waals surface area (Å²) in [6.07, 6.45) is 3.89. The quantitative estimate of drug-likeness (QED) is 0.381. The Labute approximate surface area is 172 Å². The number of oxime groups is 1. The first-order valence-corrected chi connectivity index (χ1v) is 9.83. The first-order valence-electron chi connectivity index (χ1n) is 9.83. The van der Waals surface area contributed by atoms with Gasteiger partial charge in [-0.2, -0.15) is 0 Å². The molecule has 2 aromatic carbocycles. The fourth-order valence-electron chi connectivity index (χ4n) is 3.07. The molecule has 1 saturated heterocycles. The number of ether oxygens (including phenoxy) is 2. The summed E-state index contributed by atoms with van der Waals surface area (Å²) in [5.41, 5.74) is 3.15. The van der Waals surface area contributed by atoms with Crippen LogP contribution in [0.4, 0.5) is 11.4 Å². The highest BCUT2D eigenvalue weighted by Gasteiger charge is 2.11. The maximum Gasteiger partial charge on any atom is 0.185 e. The van der Waals surface area contributed by atoms with E-state index in [0.29, 0.717) is 24.1 Å². The van der Waals surface area contributed by atoms with Crippen LogP contribution in [0.2, 0.25) is 0 Å². The molecule has 1 heterocycles. The lowest BCUT2D eigenvalue weighted by atomic mass is 10.0. The van der Waals surface area contributed by atoms with Gasteiger partial charge in [-0.05, 0) is 49.2 Å². The van der Waals surface area contributed by atoms with E-state index in [2.05, 4.69) is 29.2 Å². The lowest BCUT2D eigenvalue weighted by Crippen LogP contribution is -2.16. The topological polar surface area (TPSA) is 55.3 Å². The fraction of sp³-hybridized carbons (Fsp3) is 0.348. The molecule has 0 bridgehead atoms. The monoisotopic (exact) mass is 395 g/mol. The number of anilines is 2. The van der Waals surface area contributed by atoms with Crippen molar-refractivity contribution in [2.24, 2.45) is 11.1 Å². The van der Waals surface area contributed by atoms with Crippen molar-refractivity contribution in [3.05, 3.63) is 66.6 Å². The molecule has 6 nitrogen and oxygen atoms in total. The Morgan fingerprint density at radius 2 is 2.03 bits per heavy atom. The molecule has 0 unspecified atom stereocenters. The average molecular weight is 396 g/mol. The molecule has 6 heteroatoms. The van der Waals surface area contributed by atoms with Gasteiger partial charge in [-0.1, -0.05) is 23.4 Å². The van der Waals surface area contributed by atoms with Crippen LogP contribution in [0.1, 0.15) is 18.4 Å². The minimum absolute atomic E-state index is 0.435. The highest BCUT2D eigenvalue weighted by molar-refractivity contribution is 5.60. The molecule has 0 atom stereocenters. The van der Waals surface area contributed by atoms with Crippen molar-refractivity contribution in [3.63, 3.8) is 0 Å². The number of hydrogen-bond acceptors (Lipinski definition) is 6. The summed E-state index contributed by atoms with van der Waals surface area (Å²) < 4.78 is 10.6. The van der Waals surface area contributed by atoms with Crippen LogP contribution in [0.15, 0.2) is 66.1 Å². The van der Waals surface area contributed by atoms with Crippen LogP contribution >= 0.6 is 0 Å². The minimum atomic E-state index is 0.435. The van der Waals surface area contributed by atoms with E-state index >= 15 is 0 Å². The smallest absolute Gasteiger partial charge is 0.185 e. The van der Waals surface area contributed by atoms with Crippen LogP contribution in [0, 0.1) is 5.92 Å². The Kier molecular flexibility index (Phi) is 7.53. The second-order valence-corrected chi connectivity index (χ2v) is 7.00.